The third-order valence-corrected chi connectivity index (χ3v) is 8.42. The smallest absolute Gasteiger partial charge is 0.332 e. The molecule has 0 fully saturated rings. The van der Waals surface area contributed by atoms with E-state index in [-0.39, 0.29) is 48.0 Å². The summed E-state index contributed by atoms with van der Waals surface area (Å²) in [6.45, 7) is 15.5. The third kappa shape index (κ3) is 8.21. The van der Waals surface area contributed by atoms with E-state index in [4.69, 9.17) is 4.98 Å². The molecule has 6 aromatic rings. The van der Waals surface area contributed by atoms with Gasteiger partial charge in [0.25, 0.3) is 0 Å². The Kier molecular flexibility index (Phi) is 11.1. The number of aliphatic hydroxyl groups excluding tert-OH is 1. The molecule has 1 radical (unpaired) electrons. The van der Waals surface area contributed by atoms with Gasteiger partial charge in [0.1, 0.15) is 5.76 Å². The predicted octanol–water partition coefficient (Wildman–Crippen LogP) is 11.5. The molecule has 0 bridgehead atoms. The Morgan fingerprint density at radius 3 is 2.10 bits per heavy atom. The largest absolute Gasteiger partial charge is 0.511 e. The molecule has 6 rings (SSSR count). The standard InChI is InChI=1S/C32H21FNO.C11H20O2.Ir/c1-19-15-20(2)17-23(16-19)31-29-10-8-22-18-21(7-9-24(22)28(29)13-14-34-31)25-11-12-30(32(33)35)27-6-4-3-5-26(25)27;1-10(2,3)8(12)7-9(13)11(4,5)6;/h3-16,18H,1-2H3;7,12H,1-6H3;/q-1;;/p+1/b;8-7-;. The van der Waals surface area contributed by atoms with Crippen LogP contribution in [0.3, 0.4) is 0 Å². The first-order chi connectivity index (χ1) is 22.5. The van der Waals surface area contributed by atoms with Crippen LogP contribution in [0.5, 0.6) is 0 Å². The number of nitrogens with zero attached hydrogens (tertiary/aromatic N) is 1. The minimum atomic E-state index is -1.41. The maximum atomic E-state index is 13.6. The van der Waals surface area contributed by atoms with E-state index in [1.54, 1.807) is 12.1 Å². The Morgan fingerprint density at radius 1 is 0.796 bits per heavy atom. The van der Waals surface area contributed by atoms with Crippen molar-refractivity contribution in [3.05, 3.63) is 126 Å². The van der Waals surface area contributed by atoms with E-state index < -0.39 is 6.04 Å². The Balaban J connectivity index is 0.000000332. The molecule has 0 aliphatic rings. The molecule has 1 aromatic heterocycles. The molecule has 2 N–H and O–H groups in total. The molecule has 0 atom stereocenters. The van der Waals surface area contributed by atoms with Gasteiger partial charge in [-0.2, -0.15) is 4.39 Å². The van der Waals surface area contributed by atoms with Crippen molar-refractivity contribution in [1.82, 2.24) is 4.98 Å². The van der Waals surface area contributed by atoms with Gasteiger partial charge in [-0.15, -0.1) is 34.9 Å². The van der Waals surface area contributed by atoms with E-state index in [9.17, 15) is 19.1 Å². The molecule has 0 saturated heterocycles. The zero-order valence-corrected chi connectivity index (χ0v) is 31.6. The molecule has 253 valence electrons. The Bertz CT molecular complexity index is 2220. The molecule has 0 aliphatic carbocycles. The Hall–Kier alpha value is -4.51. The Labute approximate surface area is 301 Å². The Morgan fingerprint density at radius 2 is 1.47 bits per heavy atom. The van der Waals surface area contributed by atoms with Gasteiger partial charge in [-0.1, -0.05) is 89.2 Å². The van der Waals surface area contributed by atoms with Crippen molar-refractivity contribution in [2.75, 3.05) is 0 Å². The van der Waals surface area contributed by atoms with Crippen LogP contribution in [0.25, 0.3) is 54.7 Å². The number of benzene rings is 5. The molecular formula is C43H42FIrNO3. The molecule has 4 nitrogen and oxygen atoms in total. The van der Waals surface area contributed by atoms with Gasteiger partial charge in [-0.25, -0.2) is 0 Å². The number of ketones is 1. The molecule has 0 aliphatic heterocycles. The molecule has 0 unspecified atom stereocenters. The van der Waals surface area contributed by atoms with E-state index >= 15 is 0 Å². The summed E-state index contributed by atoms with van der Waals surface area (Å²) in [6, 6.07) is 29.8. The predicted molar refractivity (Wildman–Crippen MR) is 198 cm³/mol. The van der Waals surface area contributed by atoms with Gasteiger partial charge >= 0.3 is 11.8 Å². The second kappa shape index (κ2) is 14.5. The SMILES string of the molecule is CC(C)(C)C(=[OH+])/C=C(\O)C(C)(C)C.Cc1[c-]c(-c2nccc3c2ccc2cc(-c4ccc(C(=O)F)c5ccccc45)ccc23)cc(C)c1.[Ir]. The van der Waals surface area contributed by atoms with Gasteiger partial charge in [-0.3, -0.25) is 9.59 Å². The fourth-order valence-electron chi connectivity index (χ4n) is 5.69. The van der Waals surface area contributed by atoms with Crippen LogP contribution in [-0.4, -0.2) is 26.7 Å². The number of halogens is 1. The molecule has 0 saturated carbocycles. The van der Waals surface area contributed by atoms with Gasteiger partial charge in [0, 0.05) is 31.7 Å². The fourth-order valence-corrected chi connectivity index (χ4v) is 5.69. The van der Waals surface area contributed by atoms with Crippen molar-refractivity contribution in [3.8, 4) is 22.4 Å². The van der Waals surface area contributed by atoms with Gasteiger partial charge in [0.2, 0.25) is 0 Å². The second-order valence-electron chi connectivity index (χ2n) is 14.4. The topological polar surface area (TPSA) is 71.6 Å². The van der Waals surface area contributed by atoms with Gasteiger partial charge in [0.05, 0.1) is 17.1 Å². The zero-order valence-electron chi connectivity index (χ0n) is 29.2. The summed E-state index contributed by atoms with van der Waals surface area (Å²) in [4.78, 5) is 25.8. The maximum Gasteiger partial charge on any atom is 0.332 e. The number of aromatic nitrogens is 1. The number of aliphatic hydroxyl groups is 1. The van der Waals surface area contributed by atoms with E-state index in [2.05, 4.69) is 68.4 Å². The molecule has 5 aromatic carbocycles. The van der Waals surface area contributed by atoms with Crippen LogP contribution in [0.4, 0.5) is 4.39 Å². The molecule has 1 heterocycles. The number of hydrogen-bond acceptors (Lipinski definition) is 3. The van der Waals surface area contributed by atoms with Crippen molar-refractivity contribution in [2.45, 2.75) is 55.4 Å². The number of carbonyl (C=O) groups excluding carboxylic acids is 2. The number of pyridine rings is 1. The summed E-state index contributed by atoms with van der Waals surface area (Å²) in [5.41, 5.74) is 5.68. The summed E-state index contributed by atoms with van der Waals surface area (Å²) in [7, 11) is 0. The van der Waals surface area contributed by atoms with E-state index in [0.29, 0.717) is 5.39 Å². The van der Waals surface area contributed by atoms with Crippen LogP contribution in [0, 0.1) is 30.7 Å². The summed E-state index contributed by atoms with van der Waals surface area (Å²) in [5, 5.41) is 15.5. The van der Waals surface area contributed by atoms with Crippen molar-refractivity contribution in [2.24, 2.45) is 10.8 Å². The minimum absolute atomic E-state index is 0. The molecular weight excluding hydrogens is 790 g/mol. The summed E-state index contributed by atoms with van der Waals surface area (Å²) in [5.74, 6) is 0.417. The molecule has 0 spiro atoms. The average molecular weight is 832 g/mol. The third-order valence-electron chi connectivity index (χ3n) is 8.42. The summed E-state index contributed by atoms with van der Waals surface area (Å²) < 4.78 is 13.6. The number of rotatable bonds is 4. The van der Waals surface area contributed by atoms with Gasteiger partial charge in [0.15, 0.2) is 0 Å². The first-order valence-electron chi connectivity index (χ1n) is 16.1. The van der Waals surface area contributed by atoms with Crippen molar-refractivity contribution in [3.63, 3.8) is 0 Å². The summed E-state index contributed by atoms with van der Waals surface area (Å²) >= 11 is 0. The maximum absolute atomic E-state index is 13.6. The minimum Gasteiger partial charge on any atom is -0.511 e. The normalized spacial score (nSPS) is 12.0. The first-order valence-corrected chi connectivity index (χ1v) is 16.1. The second-order valence-corrected chi connectivity index (χ2v) is 14.4. The van der Waals surface area contributed by atoms with Gasteiger partial charge < -0.3 is 10.1 Å². The van der Waals surface area contributed by atoms with Crippen LogP contribution < -0.4 is 0 Å². The number of aryl methyl sites for hydroxylation is 2. The fraction of sp³-hybridized carbons (Fsp3) is 0.233. The molecule has 0 amide bonds. The zero-order chi connectivity index (χ0) is 35.0. The molecule has 6 heteroatoms. The quantitative estimate of drug-likeness (QED) is 0.0480. The number of fused-ring (bicyclic) bond motifs is 4. The van der Waals surface area contributed by atoms with Crippen LogP contribution in [-0.2, 0) is 20.1 Å². The van der Waals surface area contributed by atoms with Crippen molar-refractivity contribution in [1.29, 1.82) is 0 Å². The van der Waals surface area contributed by atoms with E-state index in [0.717, 1.165) is 54.9 Å². The van der Waals surface area contributed by atoms with Crippen molar-refractivity contribution >= 4 is 44.1 Å². The van der Waals surface area contributed by atoms with Gasteiger partial charge in [-0.05, 0) is 88.1 Å². The molecule has 49 heavy (non-hydrogen) atoms. The summed E-state index contributed by atoms with van der Waals surface area (Å²) in [6.07, 6.45) is 3.30. The number of allylic oxidation sites excluding steroid dienone is 2. The van der Waals surface area contributed by atoms with Crippen LogP contribution >= 0.6 is 0 Å². The van der Waals surface area contributed by atoms with E-state index in [1.807, 2.05) is 72.0 Å². The average Bonchev–Trinajstić information content (AvgIpc) is 3.02. The van der Waals surface area contributed by atoms with E-state index in [1.165, 1.54) is 11.6 Å². The monoisotopic (exact) mass is 832 g/mol. The van der Waals surface area contributed by atoms with Crippen LogP contribution in [0.2, 0.25) is 0 Å². The first kappa shape index (κ1) is 37.3. The number of carbonyl (C=O) groups is 1. The number of hydrogen-bond donors (Lipinski definition) is 1. The van der Waals surface area contributed by atoms with Crippen molar-refractivity contribution < 1.29 is 39.2 Å². The van der Waals surface area contributed by atoms with Crippen LogP contribution in [0.1, 0.15) is 63.0 Å². The van der Waals surface area contributed by atoms with Crippen LogP contribution in [0.15, 0.2) is 103 Å².